The maximum absolute atomic E-state index is 4.86. The molecule has 3 heterocycles. The number of aromatic nitrogens is 4. The average Bonchev–Trinajstić information content (AvgIpc) is 3.93. The Bertz CT molecular complexity index is 2950. The molecule has 0 bridgehead atoms. The molecule has 280 valence electrons. The van der Waals surface area contributed by atoms with Gasteiger partial charge >= 0.3 is 0 Å². The molecule has 5 aromatic carbocycles. The van der Waals surface area contributed by atoms with Crippen LogP contribution in [0.15, 0.2) is 170 Å². The summed E-state index contributed by atoms with van der Waals surface area (Å²) in [4.78, 5) is 17.3. The molecule has 1 aliphatic heterocycles. The number of fused-ring (bicyclic) bond motifs is 3. The fraction of sp³-hybridized carbons (Fsp3) is 0.0962. The number of anilines is 1. The lowest BCUT2D eigenvalue weighted by atomic mass is 9.70. The molecule has 2 N–H and O–H groups in total. The van der Waals surface area contributed by atoms with Crippen LogP contribution in [0.5, 0.6) is 0 Å². The molecule has 3 aliphatic rings. The lowest BCUT2D eigenvalue weighted by Crippen LogP contribution is -2.40. The summed E-state index contributed by atoms with van der Waals surface area (Å²) in [6.07, 6.45) is 17.1. The predicted octanol–water partition coefficient (Wildman–Crippen LogP) is 10.2. The van der Waals surface area contributed by atoms with Gasteiger partial charge in [0.2, 0.25) is 11.9 Å². The molecule has 2 aliphatic carbocycles. The van der Waals surface area contributed by atoms with Crippen LogP contribution in [0.25, 0.3) is 51.0 Å². The lowest BCUT2D eigenvalue weighted by Gasteiger charge is -2.33. The first kappa shape index (κ1) is 35.1. The number of imidazole rings is 2. The highest BCUT2D eigenvalue weighted by molar-refractivity contribution is 6.09. The van der Waals surface area contributed by atoms with E-state index in [0.29, 0.717) is 5.95 Å². The van der Waals surface area contributed by atoms with Gasteiger partial charge in [-0.15, -0.1) is 0 Å². The number of rotatable bonds is 8. The van der Waals surface area contributed by atoms with Crippen molar-refractivity contribution in [1.82, 2.24) is 19.5 Å². The zero-order valence-electron chi connectivity index (χ0n) is 32.5. The number of nitrogens with zero attached hydrogens (tertiary/aromatic N) is 4. The number of hydrogen-bond donors (Lipinski definition) is 2. The Morgan fingerprint density at radius 3 is 1.84 bits per heavy atom. The highest BCUT2D eigenvalue weighted by Crippen LogP contribution is 2.41. The van der Waals surface area contributed by atoms with Gasteiger partial charge in [0.15, 0.2) is 0 Å². The van der Waals surface area contributed by atoms with Gasteiger partial charge in [-0.3, -0.25) is 4.57 Å². The van der Waals surface area contributed by atoms with E-state index in [-0.39, 0.29) is 11.8 Å². The standard InChI is InChI=1S/C52H42N6/c1-33-12-16-38(17-13-33)47-30-54-51(56-47)53-28-35(3)36-20-24-40(25-21-36)49-43-8-4-6-10-45(43)50(46-11-7-5-9-44(46)49)41-26-22-37(23-27-41)42-29-55-52-57-48(32-58(52)31-42)39-18-14-34(2)15-19-39/h4-28,30-32,43,45H,3,29H2,1-2H3,(H,54,56)(H,55,57). The monoisotopic (exact) mass is 750 g/mol. The van der Waals surface area contributed by atoms with Crippen LogP contribution in [-0.4, -0.2) is 32.3 Å². The molecule has 2 aromatic heterocycles. The summed E-state index contributed by atoms with van der Waals surface area (Å²) in [6, 6.07) is 43.6. The van der Waals surface area contributed by atoms with E-state index >= 15 is 0 Å². The Morgan fingerprint density at radius 1 is 0.672 bits per heavy atom. The summed E-state index contributed by atoms with van der Waals surface area (Å²) in [5.74, 6) is 1.81. The molecule has 0 saturated heterocycles. The van der Waals surface area contributed by atoms with Crippen molar-refractivity contribution in [2.24, 2.45) is 16.8 Å². The fourth-order valence-corrected chi connectivity index (χ4v) is 8.41. The van der Waals surface area contributed by atoms with Crippen LogP contribution >= 0.6 is 0 Å². The molecule has 2 unspecified atom stereocenters. The molecular weight excluding hydrogens is 709 g/mol. The van der Waals surface area contributed by atoms with Crippen LogP contribution in [0, 0.1) is 25.7 Å². The third-order valence-corrected chi connectivity index (χ3v) is 11.5. The molecule has 0 radical (unpaired) electrons. The third-order valence-electron chi connectivity index (χ3n) is 11.5. The van der Waals surface area contributed by atoms with Crippen molar-refractivity contribution in [3.8, 4) is 22.5 Å². The zero-order valence-corrected chi connectivity index (χ0v) is 32.5. The number of allylic oxidation sites excluding steroid dienone is 5. The molecule has 0 spiro atoms. The van der Waals surface area contributed by atoms with Crippen molar-refractivity contribution in [3.63, 3.8) is 0 Å². The van der Waals surface area contributed by atoms with Crippen molar-refractivity contribution in [1.29, 1.82) is 0 Å². The van der Waals surface area contributed by atoms with Gasteiger partial charge in [0, 0.05) is 54.3 Å². The highest BCUT2D eigenvalue weighted by atomic mass is 15.2. The number of benzene rings is 5. The minimum Gasteiger partial charge on any atom is -0.351 e. The van der Waals surface area contributed by atoms with Crippen molar-refractivity contribution < 1.29 is 0 Å². The molecule has 0 amide bonds. The normalized spacial score (nSPS) is 16.8. The molecule has 10 rings (SSSR count). The summed E-state index contributed by atoms with van der Waals surface area (Å²) in [7, 11) is 0. The smallest absolute Gasteiger partial charge is 0.227 e. The van der Waals surface area contributed by atoms with E-state index in [1.165, 1.54) is 55.0 Å². The van der Waals surface area contributed by atoms with Crippen molar-refractivity contribution in [3.05, 3.63) is 208 Å². The summed E-state index contributed by atoms with van der Waals surface area (Å²) in [5.41, 5.74) is 15.9. The second kappa shape index (κ2) is 14.6. The highest BCUT2D eigenvalue weighted by Gasteiger charge is 2.32. The summed E-state index contributed by atoms with van der Waals surface area (Å²) < 4.78 is 2.11. The van der Waals surface area contributed by atoms with Crippen molar-refractivity contribution in [2.45, 2.75) is 13.8 Å². The largest absolute Gasteiger partial charge is 0.351 e. The van der Waals surface area contributed by atoms with E-state index in [9.17, 15) is 0 Å². The Hall–Kier alpha value is -7.31. The van der Waals surface area contributed by atoms with Crippen LogP contribution in [0.3, 0.4) is 0 Å². The zero-order chi connectivity index (χ0) is 39.2. The average molecular weight is 751 g/mol. The molecule has 0 saturated carbocycles. The van der Waals surface area contributed by atoms with Gasteiger partial charge in [0.25, 0.3) is 0 Å². The fourth-order valence-electron chi connectivity index (χ4n) is 8.41. The molecule has 6 heteroatoms. The van der Waals surface area contributed by atoms with Gasteiger partial charge in [-0.05, 0) is 68.8 Å². The van der Waals surface area contributed by atoms with E-state index in [1.807, 2.05) is 6.20 Å². The van der Waals surface area contributed by atoms with Crippen LogP contribution < -0.4 is 15.8 Å². The second-order valence-corrected chi connectivity index (χ2v) is 15.3. The van der Waals surface area contributed by atoms with Crippen LogP contribution in [-0.2, 0) is 0 Å². The Balaban J connectivity index is 0.942. The first-order chi connectivity index (χ1) is 28.4. The molecule has 6 nitrogen and oxygen atoms in total. The molecular formula is C52H42N6. The summed E-state index contributed by atoms with van der Waals surface area (Å²) in [5, 5.41) is 6.09. The first-order valence-corrected chi connectivity index (χ1v) is 19.8. The Labute approximate surface area is 338 Å². The van der Waals surface area contributed by atoms with Gasteiger partial charge in [-0.25, -0.2) is 15.0 Å². The number of H-pyrrole nitrogens is 1. The number of nitrogens with one attached hydrogen (secondary N) is 2. The van der Waals surface area contributed by atoms with Gasteiger partial charge in [0.1, 0.15) is 0 Å². The number of aromatic amines is 1. The number of aliphatic imine (C=N–C) groups is 1. The maximum atomic E-state index is 4.86. The summed E-state index contributed by atoms with van der Waals surface area (Å²) in [6.45, 7) is 9.24. The topological polar surface area (TPSA) is 70.9 Å². The van der Waals surface area contributed by atoms with E-state index in [4.69, 9.17) is 4.98 Å². The van der Waals surface area contributed by atoms with E-state index in [1.54, 1.807) is 6.21 Å². The first-order valence-electron chi connectivity index (χ1n) is 19.8. The number of hydrogen-bond acceptors (Lipinski definition) is 4. The van der Waals surface area contributed by atoms with Gasteiger partial charge < -0.3 is 10.3 Å². The minimum atomic E-state index is 0.194. The second-order valence-electron chi connectivity index (χ2n) is 15.3. The number of aryl methyl sites for hydroxylation is 2. The van der Waals surface area contributed by atoms with E-state index < -0.39 is 0 Å². The van der Waals surface area contributed by atoms with Gasteiger partial charge in [-0.1, -0.05) is 163 Å². The van der Waals surface area contributed by atoms with E-state index in [2.05, 4.69) is 203 Å². The Kier molecular flexibility index (Phi) is 8.87. The van der Waals surface area contributed by atoms with Crippen LogP contribution in [0.2, 0.25) is 0 Å². The van der Waals surface area contributed by atoms with Gasteiger partial charge in [-0.2, -0.15) is 0 Å². The third kappa shape index (κ3) is 6.58. The minimum absolute atomic E-state index is 0.194. The quantitative estimate of drug-likeness (QED) is 0.152. The predicted molar refractivity (Wildman–Crippen MR) is 240 cm³/mol. The Morgan fingerprint density at radius 2 is 1.22 bits per heavy atom. The van der Waals surface area contributed by atoms with Gasteiger partial charge in [0.05, 0.1) is 11.4 Å². The SMILES string of the molecule is C=C(C=Nc1nc(-c2ccc(C)cc2)c[nH]1)c1ccc(C2=c3ccccc3=C(c3ccc(C4=Cn5cc(-c6ccc(C)cc6)nc5NC4)cc3)C3C=CC=CC23)cc1. The molecule has 7 aromatic rings. The van der Waals surface area contributed by atoms with Crippen molar-refractivity contribution in [2.75, 3.05) is 11.9 Å². The van der Waals surface area contributed by atoms with Crippen LogP contribution in [0.1, 0.15) is 33.4 Å². The molecule has 0 fully saturated rings. The molecule has 2 atom stereocenters. The van der Waals surface area contributed by atoms with E-state index in [0.717, 1.165) is 46.1 Å². The van der Waals surface area contributed by atoms with Crippen molar-refractivity contribution >= 4 is 46.6 Å². The summed E-state index contributed by atoms with van der Waals surface area (Å²) >= 11 is 0. The lowest BCUT2D eigenvalue weighted by molar-refractivity contribution is 0.686. The maximum Gasteiger partial charge on any atom is 0.227 e. The van der Waals surface area contributed by atoms with Crippen LogP contribution in [0.4, 0.5) is 11.9 Å². The molecule has 58 heavy (non-hydrogen) atoms.